The summed E-state index contributed by atoms with van der Waals surface area (Å²) in [6.07, 6.45) is -2.59. The largest absolute Gasteiger partial charge is 0.507 e. The average molecular weight is 360 g/mol. The van der Waals surface area contributed by atoms with Gasteiger partial charge in [-0.15, -0.1) is 0 Å². The molecular weight excluding hydrogens is 347 g/mol. The third-order valence-electron chi connectivity index (χ3n) is 2.86. The molecule has 0 amide bonds. The minimum absolute atomic E-state index is 0.0358. The fourth-order valence-corrected chi connectivity index (χ4v) is 1.94. The van der Waals surface area contributed by atoms with Gasteiger partial charge in [-0.2, -0.15) is 18.3 Å². The summed E-state index contributed by atoms with van der Waals surface area (Å²) < 4.78 is 42.8. The predicted octanol–water partition coefficient (Wildman–Crippen LogP) is 4.30. The summed E-state index contributed by atoms with van der Waals surface area (Å²) in [7, 11) is 0. The maximum atomic E-state index is 12.5. The number of anilines is 1. The van der Waals surface area contributed by atoms with Crippen LogP contribution in [0.4, 0.5) is 19.0 Å². The molecule has 128 valence electrons. The van der Waals surface area contributed by atoms with Crippen LogP contribution >= 0.6 is 11.6 Å². The molecule has 0 saturated carbocycles. The number of ether oxygens (including phenoxy) is 1. The van der Waals surface area contributed by atoms with Gasteiger partial charge in [-0.3, -0.25) is 5.43 Å². The molecule has 9 heteroatoms. The molecule has 0 fully saturated rings. The number of rotatable bonds is 5. The molecule has 1 aromatic carbocycles. The summed E-state index contributed by atoms with van der Waals surface area (Å²) in [4.78, 5) is 3.58. The van der Waals surface area contributed by atoms with Gasteiger partial charge in [-0.25, -0.2) is 4.98 Å². The highest BCUT2D eigenvalue weighted by atomic mass is 35.5. The molecule has 0 aliphatic heterocycles. The number of halogens is 4. The van der Waals surface area contributed by atoms with E-state index in [1.54, 1.807) is 12.1 Å². The normalized spacial score (nSPS) is 11.7. The first-order valence-corrected chi connectivity index (χ1v) is 7.16. The maximum Gasteiger partial charge on any atom is 0.417 e. The molecule has 2 N–H and O–H groups in total. The number of benzene rings is 1. The van der Waals surface area contributed by atoms with E-state index in [0.29, 0.717) is 24.1 Å². The van der Waals surface area contributed by atoms with E-state index < -0.39 is 11.7 Å². The van der Waals surface area contributed by atoms with Crippen molar-refractivity contribution in [3.8, 4) is 11.5 Å². The van der Waals surface area contributed by atoms with Gasteiger partial charge in [0.2, 0.25) is 0 Å². The van der Waals surface area contributed by atoms with Crippen LogP contribution in [0.2, 0.25) is 5.02 Å². The van der Waals surface area contributed by atoms with Crippen LogP contribution in [0.5, 0.6) is 11.5 Å². The molecule has 5 nitrogen and oxygen atoms in total. The number of phenolic OH excluding ortho intramolecular Hbond substituents is 1. The standard InChI is InChI=1S/C15H13ClF3N3O2/c1-2-24-11-4-3-9(13(23)6-11)7-21-22-14-12(16)5-10(8-20-14)15(17,18)19/h3-8,23H,2H2,1H3,(H,20,22)/b21-7+. The minimum atomic E-state index is -4.52. The van der Waals surface area contributed by atoms with Gasteiger partial charge < -0.3 is 9.84 Å². The topological polar surface area (TPSA) is 66.7 Å². The molecule has 0 atom stereocenters. The maximum absolute atomic E-state index is 12.5. The van der Waals surface area contributed by atoms with Crippen molar-refractivity contribution in [2.75, 3.05) is 12.0 Å². The van der Waals surface area contributed by atoms with Crippen LogP contribution in [0.15, 0.2) is 35.6 Å². The van der Waals surface area contributed by atoms with Crippen molar-refractivity contribution in [2.45, 2.75) is 13.1 Å². The number of alkyl halides is 3. The van der Waals surface area contributed by atoms with Gasteiger partial charge in [-0.1, -0.05) is 11.6 Å². The van der Waals surface area contributed by atoms with Crippen molar-refractivity contribution in [1.82, 2.24) is 4.98 Å². The Morgan fingerprint density at radius 3 is 2.71 bits per heavy atom. The number of hydrazone groups is 1. The summed E-state index contributed by atoms with van der Waals surface area (Å²) in [6.45, 7) is 2.28. The number of pyridine rings is 1. The highest BCUT2D eigenvalue weighted by Crippen LogP contribution is 2.32. The van der Waals surface area contributed by atoms with Crippen molar-refractivity contribution < 1.29 is 23.0 Å². The molecule has 1 heterocycles. The third kappa shape index (κ3) is 4.51. The quantitative estimate of drug-likeness (QED) is 0.617. The number of hydrogen-bond acceptors (Lipinski definition) is 5. The molecule has 0 unspecified atom stereocenters. The van der Waals surface area contributed by atoms with Crippen molar-refractivity contribution in [3.05, 3.63) is 46.6 Å². The minimum Gasteiger partial charge on any atom is -0.507 e. The Hall–Kier alpha value is -2.48. The Balaban J connectivity index is 2.09. The van der Waals surface area contributed by atoms with Gasteiger partial charge in [-0.05, 0) is 25.1 Å². The molecule has 24 heavy (non-hydrogen) atoms. The monoisotopic (exact) mass is 359 g/mol. The van der Waals surface area contributed by atoms with E-state index in [4.69, 9.17) is 16.3 Å². The van der Waals surface area contributed by atoms with Crippen LogP contribution < -0.4 is 10.2 Å². The zero-order chi connectivity index (χ0) is 17.7. The molecule has 0 aliphatic carbocycles. The Labute approximate surface area is 140 Å². The summed E-state index contributed by atoms with van der Waals surface area (Å²) in [5.74, 6) is 0.414. The summed E-state index contributed by atoms with van der Waals surface area (Å²) in [6, 6.07) is 5.40. The summed E-state index contributed by atoms with van der Waals surface area (Å²) in [5, 5.41) is 13.4. The first kappa shape index (κ1) is 17.9. The van der Waals surface area contributed by atoms with Crippen molar-refractivity contribution in [2.24, 2.45) is 5.10 Å². The van der Waals surface area contributed by atoms with Crippen molar-refractivity contribution in [3.63, 3.8) is 0 Å². The van der Waals surface area contributed by atoms with E-state index in [9.17, 15) is 18.3 Å². The van der Waals surface area contributed by atoms with E-state index in [1.807, 2.05) is 6.92 Å². The number of phenols is 1. The average Bonchev–Trinajstić information content (AvgIpc) is 2.50. The molecule has 0 radical (unpaired) electrons. The fraction of sp³-hybridized carbons (Fsp3) is 0.200. The molecule has 0 bridgehead atoms. The van der Waals surface area contributed by atoms with Crippen LogP contribution in [0.1, 0.15) is 18.1 Å². The number of nitrogens with one attached hydrogen (secondary N) is 1. The smallest absolute Gasteiger partial charge is 0.417 e. The highest BCUT2D eigenvalue weighted by molar-refractivity contribution is 6.32. The molecular formula is C15H13ClF3N3O2. The molecule has 0 saturated heterocycles. The van der Waals surface area contributed by atoms with Crippen LogP contribution in [0.3, 0.4) is 0 Å². The molecule has 2 rings (SSSR count). The van der Waals surface area contributed by atoms with E-state index >= 15 is 0 Å². The number of hydrogen-bond donors (Lipinski definition) is 2. The zero-order valence-electron chi connectivity index (χ0n) is 12.4. The van der Waals surface area contributed by atoms with Gasteiger partial charge in [0.25, 0.3) is 0 Å². The van der Waals surface area contributed by atoms with Gasteiger partial charge in [0.05, 0.1) is 23.4 Å². The lowest BCUT2D eigenvalue weighted by Gasteiger charge is -2.08. The third-order valence-corrected chi connectivity index (χ3v) is 3.14. The van der Waals surface area contributed by atoms with Crippen molar-refractivity contribution in [1.29, 1.82) is 0 Å². The SMILES string of the molecule is CCOc1ccc(/C=N/Nc2ncc(C(F)(F)F)cc2Cl)c(O)c1. The number of nitrogens with zero attached hydrogens (tertiary/aromatic N) is 2. The fourth-order valence-electron chi connectivity index (χ4n) is 1.73. The number of aromatic hydroxyl groups is 1. The Kier molecular flexibility index (Phi) is 5.50. The lowest BCUT2D eigenvalue weighted by atomic mass is 10.2. The number of aromatic nitrogens is 1. The second-order valence-corrected chi connectivity index (χ2v) is 4.98. The predicted molar refractivity (Wildman–Crippen MR) is 84.7 cm³/mol. The molecule has 0 aliphatic rings. The molecule has 0 spiro atoms. The van der Waals surface area contributed by atoms with E-state index in [1.165, 1.54) is 12.3 Å². The first-order chi connectivity index (χ1) is 11.3. The van der Waals surface area contributed by atoms with E-state index in [0.717, 1.165) is 6.07 Å². The summed E-state index contributed by atoms with van der Waals surface area (Å²) >= 11 is 5.74. The van der Waals surface area contributed by atoms with Crippen LogP contribution in [0.25, 0.3) is 0 Å². The lowest BCUT2D eigenvalue weighted by molar-refractivity contribution is -0.137. The molecule has 1 aromatic heterocycles. The first-order valence-electron chi connectivity index (χ1n) is 6.79. The molecule has 2 aromatic rings. The van der Waals surface area contributed by atoms with Crippen LogP contribution in [0, 0.1) is 0 Å². The second kappa shape index (κ2) is 7.39. The Morgan fingerprint density at radius 2 is 2.12 bits per heavy atom. The Bertz CT molecular complexity index is 751. The van der Waals surface area contributed by atoms with Gasteiger partial charge in [0.1, 0.15) is 11.5 Å². The van der Waals surface area contributed by atoms with Crippen molar-refractivity contribution >= 4 is 23.6 Å². The van der Waals surface area contributed by atoms with Gasteiger partial charge >= 0.3 is 6.18 Å². The second-order valence-electron chi connectivity index (χ2n) is 4.58. The zero-order valence-corrected chi connectivity index (χ0v) is 13.2. The van der Waals surface area contributed by atoms with Crippen LogP contribution in [-0.4, -0.2) is 22.9 Å². The lowest BCUT2D eigenvalue weighted by Crippen LogP contribution is -2.06. The summed E-state index contributed by atoms with van der Waals surface area (Å²) in [5.41, 5.74) is 1.85. The highest BCUT2D eigenvalue weighted by Gasteiger charge is 2.31. The van der Waals surface area contributed by atoms with Gasteiger partial charge in [0.15, 0.2) is 5.82 Å². The van der Waals surface area contributed by atoms with Gasteiger partial charge in [0, 0.05) is 17.8 Å². The van der Waals surface area contributed by atoms with Crippen LogP contribution in [-0.2, 0) is 6.18 Å². The Morgan fingerprint density at radius 1 is 1.38 bits per heavy atom. The van der Waals surface area contributed by atoms with E-state index in [2.05, 4.69) is 15.5 Å². The van der Waals surface area contributed by atoms with E-state index in [-0.39, 0.29) is 16.6 Å².